The number of hydrogen-bond acceptors (Lipinski definition) is 5. The van der Waals surface area contributed by atoms with Crippen LogP contribution in [-0.4, -0.2) is 44.5 Å². The molecule has 1 heterocycles. The lowest BCUT2D eigenvalue weighted by atomic mass is 10.3. The molecule has 1 aromatic heterocycles. The molecule has 1 aromatic carbocycles. The first-order valence-corrected chi connectivity index (χ1v) is 9.55. The van der Waals surface area contributed by atoms with E-state index in [9.17, 15) is 17.2 Å². The highest BCUT2D eigenvalue weighted by Crippen LogP contribution is 2.18. The lowest BCUT2D eigenvalue weighted by molar-refractivity contribution is 0.284. The van der Waals surface area contributed by atoms with Crippen molar-refractivity contribution in [2.75, 3.05) is 30.2 Å². The lowest BCUT2D eigenvalue weighted by Gasteiger charge is -2.21. The van der Waals surface area contributed by atoms with Gasteiger partial charge in [-0.25, -0.2) is 22.2 Å². The molecule has 2 aromatic rings. The standard InChI is InChI=1S/C17H22F2N4O2S/c1-12(2)23(3)9-8-20-17-7-5-14(11-21-17)26(24,25)22-13-4-6-15(18)16(19)10-13/h4-7,10-12,22H,8-9H2,1-3H3,(H,20,21). The maximum Gasteiger partial charge on any atom is 0.263 e. The first-order chi connectivity index (χ1) is 12.2. The number of nitrogens with zero attached hydrogens (tertiary/aromatic N) is 2. The monoisotopic (exact) mass is 384 g/mol. The summed E-state index contributed by atoms with van der Waals surface area (Å²) in [6, 6.07) is 6.15. The van der Waals surface area contributed by atoms with Crippen molar-refractivity contribution in [3.8, 4) is 0 Å². The molecule has 0 atom stereocenters. The van der Waals surface area contributed by atoms with Crippen molar-refractivity contribution >= 4 is 21.5 Å². The molecule has 6 nitrogen and oxygen atoms in total. The molecule has 0 aliphatic carbocycles. The van der Waals surface area contributed by atoms with Gasteiger partial charge in [-0.05, 0) is 45.2 Å². The van der Waals surface area contributed by atoms with E-state index in [0.29, 0.717) is 18.4 Å². The summed E-state index contributed by atoms with van der Waals surface area (Å²) in [4.78, 5) is 6.16. The number of pyridine rings is 1. The van der Waals surface area contributed by atoms with Crippen LogP contribution in [0, 0.1) is 11.6 Å². The zero-order chi connectivity index (χ0) is 19.3. The van der Waals surface area contributed by atoms with E-state index in [0.717, 1.165) is 24.7 Å². The lowest BCUT2D eigenvalue weighted by Crippen LogP contribution is -2.31. The minimum Gasteiger partial charge on any atom is -0.369 e. The third kappa shape index (κ3) is 5.37. The molecule has 9 heteroatoms. The highest BCUT2D eigenvalue weighted by molar-refractivity contribution is 7.92. The van der Waals surface area contributed by atoms with Crippen molar-refractivity contribution < 1.29 is 17.2 Å². The second-order valence-corrected chi connectivity index (χ2v) is 7.80. The predicted molar refractivity (Wildman–Crippen MR) is 97.7 cm³/mol. The first kappa shape index (κ1) is 20.1. The van der Waals surface area contributed by atoms with Crippen LogP contribution < -0.4 is 10.0 Å². The Morgan fingerprint density at radius 3 is 2.46 bits per heavy atom. The van der Waals surface area contributed by atoms with Crippen molar-refractivity contribution in [1.29, 1.82) is 0 Å². The Hall–Kier alpha value is -2.26. The van der Waals surface area contributed by atoms with Gasteiger partial charge in [-0.1, -0.05) is 0 Å². The van der Waals surface area contributed by atoms with Crippen molar-refractivity contribution in [3.63, 3.8) is 0 Å². The Balaban J connectivity index is 2.00. The van der Waals surface area contributed by atoms with Gasteiger partial charge >= 0.3 is 0 Å². The van der Waals surface area contributed by atoms with Crippen LogP contribution in [0.15, 0.2) is 41.4 Å². The fourth-order valence-electron chi connectivity index (χ4n) is 2.04. The number of hydrogen-bond donors (Lipinski definition) is 2. The van der Waals surface area contributed by atoms with Crippen LogP contribution in [0.5, 0.6) is 0 Å². The van der Waals surface area contributed by atoms with E-state index in [1.54, 1.807) is 6.07 Å². The summed E-state index contributed by atoms with van der Waals surface area (Å²) >= 11 is 0. The van der Waals surface area contributed by atoms with Crippen LogP contribution in [0.4, 0.5) is 20.3 Å². The third-order valence-corrected chi connectivity index (χ3v) is 5.24. The first-order valence-electron chi connectivity index (χ1n) is 8.07. The van der Waals surface area contributed by atoms with Gasteiger partial charge in [-0.2, -0.15) is 0 Å². The molecular weight excluding hydrogens is 362 g/mol. The SMILES string of the molecule is CC(C)N(C)CCNc1ccc(S(=O)(=O)Nc2ccc(F)c(F)c2)cn1. The predicted octanol–water partition coefficient (Wildman–Crippen LogP) is 2.91. The van der Waals surface area contributed by atoms with Crippen LogP contribution in [0.2, 0.25) is 0 Å². The molecule has 0 fully saturated rings. The Bertz CT molecular complexity index is 842. The molecule has 0 aliphatic heterocycles. The summed E-state index contributed by atoms with van der Waals surface area (Å²) in [7, 11) is -1.93. The molecule has 0 spiro atoms. The maximum absolute atomic E-state index is 13.2. The average molecular weight is 384 g/mol. The Morgan fingerprint density at radius 1 is 1.15 bits per heavy atom. The smallest absolute Gasteiger partial charge is 0.263 e. The highest BCUT2D eigenvalue weighted by atomic mass is 32.2. The summed E-state index contributed by atoms with van der Waals surface area (Å²) in [5.41, 5.74) is -0.0668. The number of nitrogens with one attached hydrogen (secondary N) is 2. The molecule has 0 unspecified atom stereocenters. The van der Waals surface area contributed by atoms with Crippen molar-refractivity contribution in [1.82, 2.24) is 9.88 Å². The molecule has 0 radical (unpaired) electrons. The van der Waals surface area contributed by atoms with Gasteiger partial charge in [0.25, 0.3) is 10.0 Å². The minimum absolute atomic E-state index is 0.0668. The van der Waals surface area contributed by atoms with E-state index < -0.39 is 21.7 Å². The van der Waals surface area contributed by atoms with Gasteiger partial charge in [0.15, 0.2) is 11.6 Å². The zero-order valence-electron chi connectivity index (χ0n) is 14.8. The van der Waals surface area contributed by atoms with Gasteiger partial charge in [0.2, 0.25) is 0 Å². The van der Waals surface area contributed by atoms with Crippen LogP contribution >= 0.6 is 0 Å². The molecule has 0 amide bonds. The van der Waals surface area contributed by atoms with E-state index >= 15 is 0 Å². The molecule has 2 N–H and O–H groups in total. The van der Waals surface area contributed by atoms with Gasteiger partial charge in [-0.15, -0.1) is 0 Å². The molecule has 0 saturated carbocycles. The number of likely N-dealkylation sites (N-methyl/N-ethyl adjacent to an activating group) is 1. The van der Waals surface area contributed by atoms with Crippen LogP contribution in [0.25, 0.3) is 0 Å². The van der Waals surface area contributed by atoms with Crippen molar-refractivity contribution in [2.45, 2.75) is 24.8 Å². The van der Waals surface area contributed by atoms with E-state index in [-0.39, 0.29) is 10.6 Å². The van der Waals surface area contributed by atoms with E-state index in [1.165, 1.54) is 12.3 Å². The Labute approximate surface area is 152 Å². The minimum atomic E-state index is -3.94. The summed E-state index contributed by atoms with van der Waals surface area (Å²) in [5.74, 6) is -1.63. The average Bonchev–Trinajstić information content (AvgIpc) is 2.58. The topological polar surface area (TPSA) is 74.3 Å². The molecule has 26 heavy (non-hydrogen) atoms. The fourth-order valence-corrected chi connectivity index (χ4v) is 3.03. The largest absolute Gasteiger partial charge is 0.369 e. The van der Waals surface area contributed by atoms with Crippen molar-refractivity contribution in [2.24, 2.45) is 0 Å². The van der Waals surface area contributed by atoms with Gasteiger partial charge in [0.05, 0.1) is 5.69 Å². The second kappa shape index (κ2) is 8.41. The number of aromatic nitrogens is 1. The van der Waals surface area contributed by atoms with Gasteiger partial charge in [-0.3, -0.25) is 4.72 Å². The van der Waals surface area contributed by atoms with Gasteiger partial charge in [0.1, 0.15) is 10.7 Å². The maximum atomic E-state index is 13.2. The van der Waals surface area contributed by atoms with E-state index in [2.05, 4.69) is 33.8 Å². The number of halogens is 2. The fraction of sp³-hybridized carbons (Fsp3) is 0.353. The Kier molecular flexibility index (Phi) is 6.49. The summed E-state index contributed by atoms with van der Waals surface area (Å²) in [6.07, 6.45) is 1.21. The van der Waals surface area contributed by atoms with E-state index in [1.807, 2.05) is 7.05 Å². The molecular formula is C17H22F2N4O2S. The molecule has 0 bridgehead atoms. The van der Waals surface area contributed by atoms with Crippen LogP contribution in [-0.2, 0) is 10.0 Å². The third-order valence-electron chi connectivity index (χ3n) is 3.87. The number of anilines is 2. The zero-order valence-corrected chi connectivity index (χ0v) is 15.6. The molecule has 0 aliphatic rings. The van der Waals surface area contributed by atoms with E-state index in [4.69, 9.17) is 0 Å². The number of rotatable bonds is 8. The molecule has 0 saturated heterocycles. The van der Waals surface area contributed by atoms with Gasteiger partial charge < -0.3 is 10.2 Å². The summed E-state index contributed by atoms with van der Waals surface area (Å²) in [6.45, 7) is 5.67. The molecule has 2 rings (SSSR count). The molecule has 142 valence electrons. The normalized spacial score (nSPS) is 11.8. The summed E-state index contributed by atoms with van der Waals surface area (Å²) in [5, 5.41) is 3.11. The van der Waals surface area contributed by atoms with Crippen molar-refractivity contribution in [3.05, 3.63) is 48.2 Å². The quantitative estimate of drug-likeness (QED) is 0.732. The second-order valence-electron chi connectivity index (χ2n) is 6.11. The Morgan fingerprint density at radius 2 is 1.88 bits per heavy atom. The van der Waals surface area contributed by atoms with Gasteiger partial charge in [0, 0.05) is 31.4 Å². The van der Waals surface area contributed by atoms with Crippen LogP contribution in [0.1, 0.15) is 13.8 Å². The summed E-state index contributed by atoms with van der Waals surface area (Å²) < 4.78 is 52.9. The highest BCUT2D eigenvalue weighted by Gasteiger charge is 2.16. The number of benzene rings is 1. The number of sulfonamides is 1. The van der Waals surface area contributed by atoms with Crippen LogP contribution in [0.3, 0.4) is 0 Å².